The van der Waals surface area contributed by atoms with Crippen LogP contribution in [-0.4, -0.2) is 16.5 Å². The lowest BCUT2D eigenvalue weighted by molar-refractivity contribution is -0.384. The molecular weight excluding hydrogens is 337 g/mol. The number of nitro benzene ring substituents is 1. The maximum Gasteiger partial charge on any atom is 0.293 e. The molecule has 0 aliphatic carbocycles. The molecule has 0 amide bonds. The standard InChI is InChI=1S/C11H9BrFN3O2S/c12-7-5-10(16(17)18)9(6-8(7)13)14-2-1-11-15-3-4-19-11/h3-6,14H,1-2H2. The van der Waals surface area contributed by atoms with Gasteiger partial charge in [-0.15, -0.1) is 11.3 Å². The van der Waals surface area contributed by atoms with Crippen LogP contribution in [0.2, 0.25) is 0 Å². The van der Waals surface area contributed by atoms with Gasteiger partial charge in [0.25, 0.3) is 5.69 Å². The van der Waals surface area contributed by atoms with Crippen molar-refractivity contribution in [2.45, 2.75) is 6.42 Å². The fourth-order valence-corrected chi connectivity index (χ4v) is 2.46. The van der Waals surface area contributed by atoms with Gasteiger partial charge in [0.05, 0.1) is 14.4 Å². The van der Waals surface area contributed by atoms with Crippen molar-refractivity contribution in [2.75, 3.05) is 11.9 Å². The van der Waals surface area contributed by atoms with Crippen molar-refractivity contribution >= 4 is 38.6 Å². The van der Waals surface area contributed by atoms with Crippen molar-refractivity contribution in [1.82, 2.24) is 4.98 Å². The van der Waals surface area contributed by atoms with Gasteiger partial charge in [-0.05, 0) is 15.9 Å². The van der Waals surface area contributed by atoms with Crippen LogP contribution in [-0.2, 0) is 6.42 Å². The molecular formula is C11H9BrFN3O2S. The highest BCUT2D eigenvalue weighted by Gasteiger charge is 2.17. The van der Waals surface area contributed by atoms with Crippen molar-refractivity contribution in [3.8, 4) is 0 Å². The van der Waals surface area contributed by atoms with Crippen molar-refractivity contribution in [2.24, 2.45) is 0 Å². The topological polar surface area (TPSA) is 68.1 Å². The minimum Gasteiger partial charge on any atom is -0.379 e. The number of nitrogens with zero attached hydrogens (tertiary/aromatic N) is 2. The third-order valence-corrected chi connectivity index (χ3v) is 3.82. The van der Waals surface area contributed by atoms with E-state index in [0.717, 1.165) is 17.1 Å². The Balaban J connectivity index is 2.10. The number of hydrogen-bond donors (Lipinski definition) is 1. The lowest BCUT2D eigenvalue weighted by atomic mass is 10.2. The highest BCUT2D eigenvalue weighted by atomic mass is 79.9. The lowest BCUT2D eigenvalue weighted by Gasteiger charge is -2.07. The summed E-state index contributed by atoms with van der Waals surface area (Å²) >= 11 is 4.44. The third kappa shape index (κ3) is 3.48. The van der Waals surface area contributed by atoms with Gasteiger partial charge in [0.1, 0.15) is 11.5 Å². The molecule has 0 unspecified atom stereocenters. The second-order valence-electron chi connectivity index (χ2n) is 3.64. The predicted molar refractivity (Wildman–Crippen MR) is 75.1 cm³/mol. The first kappa shape index (κ1) is 13.9. The number of anilines is 1. The molecule has 0 atom stereocenters. The van der Waals surface area contributed by atoms with Crippen molar-refractivity contribution in [3.05, 3.63) is 49.1 Å². The Bertz CT molecular complexity index is 592. The molecule has 0 aliphatic heterocycles. The molecule has 1 heterocycles. The van der Waals surface area contributed by atoms with Crippen molar-refractivity contribution < 1.29 is 9.31 Å². The van der Waals surface area contributed by atoms with Gasteiger partial charge in [-0.3, -0.25) is 10.1 Å². The first-order chi connectivity index (χ1) is 9.08. The highest BCUT2D eigenvalue weighted by molar-refractivity contribution is 9.10. The van der Waals surface area contributed by atoms with E-state index in [2.05, 4.69) is 26.2 Å². The monoisotopic (exact) mass is 345 g/mol. The van der Waals surface area contributed by atoms with Gasteiger partial charge in [-0.25, -0.2) is 9.37 Å². The third-order valence-electron chi connectivity index (χ3n) is 2.37. The van der Waals surface area contributed by atoms with E-state index in [1.165, 1.54) is 11.3 Å². The molecule has 0 saturated carbocycles. The van der Waals surface area contributed by atoms with Crippen LogP contribution >= 0.6 is 27.3 Å². The van der Waals surface area contributed by atoms with Gasteiger partial charge < -0.3 is 5.32 Å². The van der Waals surface area contributed by atoms with E-state index in [0.29, 0.717) is 13.0 Å². The summed E-state index contributed by atoms with van der Waals surface area (Å²) in [5.41, 5.74) is 0.00895. The molecule has 8 heteroatoms. The number of thiazole rings is 1. The average molecular weight is 346 g/mol. The number of nitrogens with one attached hydrogen (secondary N) is 1. The summed E-state index contributed by atoms with van der Waals surface area (Å²) in [4.78, 5) is 14.4. The molecule has 0 fully saturated rings. The zero-order chi connectivity index (χ0) is 13.8. The maximum absolute atomic E-state index is 13.4. The van der Waals surface area contributed by atoms with Gasteiger partial charge in [-0.2, -0.15) is 0 Å². The van der Waals surface area contributed by atoms with Crippen LogP contribution in [0.15, 0.2) is 28.2 Å². The average Bonchev–Trinajstić information content (AvgIpc) is 2.86. The summed E-state index contributed by atoms with van der Waals surface area (Å²) in [5.74, 6) is -0.539. The Morgan fingerprint density at radius 2 is 2.32 bits per heavy atom. The molecule has 2 rings (SSSR count). The Morgan fingerprint density at radius 1 is 1.53 bits per heavy atom. The Kier molecular flexibility index (Phi) is 4.43. The number of aromatic nitrogens is 1. The van der Waals surface area contributed by atoms with Gasteiger partial charge in [0.15, 0.2) is 0 Å². The highest BCUT2D eigenvalue weighted by Crippen LogP contribution is 2.30. The first-order valence-corrected chi connectivity index (χ1v) is 7.01. The van der Waals surface area contributed by atoms with Crippen LogP contribution in [0.4, 0.5) is 15.8 Å². The molecule has 2 aromatic rings. The summed E-state index contributed by atoms with van der Waals surface area (Å²) in [7, 11) is 0. The molecule has 1 aromatic carbocycles. The first-order valence-electron chi connectivity index (χ1n) is 5.33. The van der Waals surface area contributed by atoms with Crippen LogP contribution in [0.25, 0.3) is 0 Å². The second kappa shape index (κ2) is 6.07. The second-order valence-corrected chi connectivity index (χ2v) is 5.48. The van der Waals surface area contributed by atoms with E-state index in [1.54, 1.807) is 6.20 Å². The summed E-state index contributed by atoms with van der Waals surface area (Å²) in [5, 5.41) is 16.5. The smallest absolute Gasteiger partial charge is 0.293 e. The van der Waals surface area contributed by atoms with Crippen LogP contribution < -0.4 is 5.32 Å². The molecule has 100 valence electrons. The number of halogens is 2. The fourth-order valence-electron chi connectivity index (χ4n) is 1.51. The van der Waals surface area contributed by atoms with Crippen molar-refractivity contribution in [3.63, 3.8) is 0 Å². The summed E-state index contributed by atoms with van der Waals surface area (Å²) in [6.07, 6.45) is 2.33. The SMILES string of the molecule is O=[N+]([O-])c1cc(Br)c(F)cc1NCCc1nccs1. The molecule has 0 radical (unpaired) electrons. The molecule has 0 spiro atoms. The number of hydrogen-bond acceptors (Lipinski definition) is 5. The summed E-state index contributed by atoms with van der Waals surface area (Å²) in [6, 6.07) is 2.27. The predicted octanol–water partition coefficient (Wildman–Crippen LogP) is 3.61. The van der Waals surface area contributed by atoms with Crippen LogP contribution in [0, 0.1) is 15.9 Å². The zero-order valence-corrected chi connectivity index (χ0v) is 12.0. The number of nitro groups is 1. The Hall–Kier alpha value is -1.54. The molecule has 0 saturated heterocycles. The molecule has 0 bridgehead atoms. The Labute approximate surface area is 120 Å². The van der Waals surface area contributed by atoms with Gasteiger partial charge in [-0.1, -0.05) is 0 Å². The van der Waals surface area contributed by atoms with Gasteiger partial charge in [0.2, 0.25) is 0 Å². The summed E-state index contributed by atoms with van der Waals surface area (Å²) < 4.78 is 13.5. The molecule has 0 aliphatic rings. The maximum atomic E-state index is 13.4. The van der Waals surface area contributed by atoms with Crippen molar-refractivity contribution in [1.29, 1.82) is 0 Å². The normalized spacial score (nSPS) is 10.4. The zero-order valence-electron chi connectivity index (χ0n) is 9.60. The van der Waals surface area contributed by atoms with Crippen LogP contribution in [0.1, 0.15) is 5.01 Å². The molecule has 5 nitrogen and oxygen atoms in total. The number of benzene rings is 1. The van der Waals surface area contributed by atoms with Gasteiger partial charge >= 0.3 is 0 Å². The number of rotatable bonds is 5. The van der Waals surface area contributed by atoms with E-state index in [9.17, 15) is 14.5 Å². The van der Waals surface area contributed by atoms with Crippen LogP contribution in [0.5, 0.6) is 0 Å². The summed E-state index contributed by atoms with van der Waals surface area (Å²) in [6.45, 7) is 0.454. The lowest BCUT2D eigenvalue weighted by Crippen LogP contribution is -2.07. The quantitative estimate of drug-likeness (QED) is 0.663. The molecule has 1 aromatic heterocycles. The van der Waals surface area contributed by atoms with Crippen LogP contribution in [0.3, 0.4) is 0 Å². The minimum atomic E-state index is -0.546. The van der Waals surface area contributed by atoms with E-state index in [-0.39, 0.29) is 15.8 Å². The molecule has 1 N–H and O–H groups in total. The minimum absolute atomic E-state index is 0.0738. The van der Waals surface area contributed by atoms with E-state index < -0.39 is 10.7 Å². The van der Waals surface area contributed by atoms with E-state index in [1.807, 2.05) is 5.38 Å². The van der Waals surface area contributed by atoms with Gasteiger partial charge in [0, 0.05) is 36.7 Å². The molecule has 19 heavy (non-hydrogen) atoms. The largest absolute Gasteiger partial charge is 0.379 e. The van der Waals surface area contributed by atoms with E-state index in [4.69, 9.17) is 0 Å². The Morgan fingerprint density at radius 3 is 2.95 bits per heavy atom. The fraction of sp³-hybridized carbons (Fsp3) is 0.182. The van der Waals surface area contributed by atoms with E-state index >= 15 is 0 Å².